The van der Waals surface area contributed by atoms with Crippen molar-refractivity contribution in [2.24, 2.45) is 0 Å². The van der Waals surface area contributed by atoms with Crippen LogP contribution >= 0.6 is 0 Å². The lowest BCUT2D eigenvalue weighted by atomic mass is 10.2. The highest BCUT2D eigenvalue weighted by Gasteiger charge is 2.21. The van der Waals surface area contributed by atoms with Crippen LogP contribution in [0.25, 0.3) is 0 Å². The van der Waals surface area contributed by atoms with Crippen LogP contribution in [0, 0.1) is 6.92 Å². The van der Waals surface area contributed by atoms with Crippen molar-refractivity contribution in [3.05, 3.63) is 6.92 Å². The molecule has 1 fully saturated rings. The molecule has 0 spiro atoms. The molecule has 0 aromatic heterocycles. The van der Waals surface area contributed by atoms with Gasteiger partial charge in [0.1, 0.15) is 0 Å². The summed E-state index contributed by atoms with van der Waals surface area (Å²) in [6.45, 7) is 7.52. The second-order valence-corrected chi connectivity index (χ2v) is 3.59. The average Bonchev–Trinajstić information content (AvgIpc) is 2.15. The van der Waals surface area contributed by atoms with Gasteiger partial charge in [0.2, 0.25) is 0 Å². The van der Waals surface area contributed by atoms with Crippen LogP contribution in [-0.4, -0.2) is 60.4 Å². The summed E-state index contributed by atoms with van der Waals surface area (Å²) >= 11 is 0. The van der Waals surface area contributed by atoms with Gasteiger partial charge in [-0.2, -0.15) is 0 Å². The summed E-state index contributed by atoms with van der Waals surface area (Å²) in [6, 6.07) is 0. The molecule has 5 heteroatoms. The predicted octanol–water partition coefficient (Wildman–Crippen LogP) is 0.0517. The summed E-state index contributed by atoms with van der Waals surface area (Å²) in [6.07, 6.45) is -0.547. The molecule has 1 atom stereocenters. The highest BCUT2D eigenvalue weighted by molar-refractivity contribution is 5.64. The van der Waals surface area contributed by atoms with Crippen LogP contribution in [0.3, 0.4) is 0 Å². The maximum atomic E-state index is 10.5. The second kappa shape index (κ2) is 5.17. The molecule has 5 nitrogen and oxygen atoms in total. The number of carbonyl (C=O) groups is 1. The highest BCUT2D eigenvalue weighted by atomic mass is 16.4. The first kappa shape index (κ1) is 11.3. The van der Waals surface area contributed by atoms with Crippen molar-refractivity contribution < 1.29 is 9.90 Å². The molecule has 2 N–H and O–H groups in total. The van der Waals surface area contributed by atoms with Crippen LogP contribution in [0.5, 0.6) is 0 Å². The van der Waals surface area contributed by atoms with E-state index in [9.17, 15) is 4.79 Å². The summed E-state index contributed by atoms with van der Waals surface area (Å²) in [5.41, 5.74) is 0. The standard InChI is InChI=1S/C9H18N3O2/c1-3-8(10-9(13)14)12-6-4-11(2)5-7-12/h8,10H,1,3-7H2,2H3,(H,13,14). The van der Waals surface area contributed by atoms with Gasteiger partial charge in [-0.05, 0) is 20.4 Å². The molecule has 0 aromatic rings. The summed E-state index contributed by atoms with van der Waals surface area (Å²) in [5.74, 6) is 0. The number of nitrogens with zero attached hydrogens (tertiary/aromatic N) is 2. The van der Waals surface area contributed by atoms with Crippen molar-refractivity contribution in [2.75, 3.05) is 33.2 Å². The fourth-order valence-electron chi connectivity index (χ4n) is 1.62. The first-order valence-electron chi connectivity index (χ1n) is 4.84. The lowest BCUT2D eigenvalue weighted by Crippen LogP contribution is -2.54. The quantitative estimate of drug-likeness (QED) is 0.676. The first-order valence-corrected chi connectivity index (χ1v) is 4.84. The van der Waals surface area contributed by atoms with Crippen LogP contribution in [-0.2, 0) is 0 Å². The Morgan fingerprint density at radius 3 is 2.50 bits per heavy atom. The molecule has 1 aliphatic rings. The minimum Gasteiger partial charge on any atom is -0.465 e. The Labute approximate surface area is 84.7 Å². The van der Waals surface area contributed by atoms with E-state index in [4.69, 9.17) is 5.11 Å². The zero-order chi connectivity index (χ0) is 10.6. The Hall–Kier alpha value is -0.810. The smallest absolute Gasteiger partial charge is 0.405 e. The highest BCUT2D eigenvalue weighted by Crippen LogP contribution is 2.05. The molecule has 0 bridgehead atoms. The summed E-state index contributed by atoms with van der Waals surface area (Å²) in [5, 5.41) is 11.1. The molecular formula is C9H18N3O2. The van der Waals surface area contributed by atoms with Crippen molar-refractivity contribution in [1.29, 1.82) is 0 Å². The SMILES string of the molecule is [CH2]CC(NC(=O)O)N1CCN(C)CC1. The number of likely N-dealkylation sites (N-methyl/N-ethyl adjacent to an activating group) is 1. The summed E-state index contributed by atoms with van der Waals surface area (Å²) in [7, 11) is 2.07. The van der Waals surface area contributed by atoms with E-state index in [1.807, 2.05) is 0 Å². The first-order chi connectivity index (χ1) is 6.63. The van der Waals surface area contributed by atoms with Gasteiger partial charge in [-0.1, -0.05) is 0 Å². The van der Waals surface area contributed by atoms with Crippen molar-refractivity contribution >= 4 is 6.09 Å². The van der Waals surface area contributed by atoms with Crippen molar-refractivity contribution in [3.63, 3.8) is 0 Å². The van der Waals surface area contributed by atoms with Crippen molar-refractivity contribution in [3.8, 4) is 0 Å². The topological polar surface area (TPSA) is 55.8 Å². The van der Waals surface area contributed by atoms with E-state index in [2.05, 4.69) is 29.1 Å². The van der Waals surface area contributed by atoms with E-state index in [-0.39, 0.29) is 6.17 Å². The zero-order valence-electron chi connectivity index (χ0n) is 8.57. The Morgan fingerprint density at radius 1 is 1.50 bits per heavy atom. The molecule has 1 radical (unpaired) electrons. The van der Waals surface area contributed by atoms with Gasteiger partial charge < -0.3 is 15.3 Å². The maximum Gasteiger partial charge on any atom is 0.405 e. The normalized spacial score (nSPS) is 21.9. The lowest BCUT2D eigenvalue weighted by molar-refractivity contribution is 0.0915. The molecule has 1 unspecified atom stereocenters. The fraction of sp³-hybridized carbons (Fsp3) is 0.778. The van der Waals surface area contributed by atoms with Gasteiger partial charge in [-0.25, -0.2) is 4.79 Å². The molecular weight excluding hydrogens is 182 g/mol. The van der Waals surface area contributed by atoms with Gasteiger partial charge in [0, 0.05) is 26.2 Å². The predicted molar refractivity (Wildman–Crippen MR) is 54.0 cm³/mol. The monoisotopic (exact) mass is 200 g/mol. The zero-order valence-corrected chi connectivity index (χ0v) is 8.57. The van der Waals surface area contributed by atoms with Gasteiger partial charge in [-0.15, -0.1) is 0 Å². The lowest BCUT2D eigenvalue weighted by Gasteiger charge is -2.37. The molecule has 81 valence electrons. The van der Waals surface area contributed by atoms with Crippen molar-refractivity contribution in [2.45, 2.75) is 12.6 Å². The van der Waals surface area contributed by atoms with Crippen LogP contribution < -0.4 is 5.32 Å². The fourth-order valence-corrected chi connectivity index (χ4v) is 1.62. The average molecular weight is 200 g/mol. The van der Waals surface area contributed by atoms with E-state index in [0.717, 1.165) is 26.2 Å². The number of rotatable bonds is 3. The van der Waals surface area contributed by atoms with Gasteiger partial charge in [-0.3, -0.25) is 4.90 Å². The van der Waals surface area contributed by atoms with Gasteiger partial charge in [0.05, 0.1) is 6.17 Å². The van der Waals surface area contributed by atoms with Crippen LogP contribution in [0.2, 0.25) is 0 Å². The Bertz CT molecular complexity index is 190. The largest absolute Gasteiger partial charge is 0.465 e. The van der Waals surface area contributed by atoms with E-state index < -0.39 is 6.09 Å². The maximum absolute atomic E-state index is 10.5. The molecule has 1 saturated heterocycles. The Balaban J connectivity index is 2.40. The van der Waals surface area contributed by atoms with Crippen molar-refractivity contribution in [1.82, 2.24) is 15.1 Å². The van der Waals surface area contributed by atoms with Gasteiger partial charge in [0.15, 0.2) is 0 Å². The molecule has 0 saturated carbocycles. The third-order valence-electron chi connectivity index (χ3n) is 2.54. The molecule has 1 heterocycles. The third kappa shape index (κ3) is 3.16. The van der Waals surface area contributed by atoms with E-state index in [0.29, 0.717) is 6.42 Å². The number of hydrogen-bond donors (Lipinski definition) is 2. The van der Waals surface area contributed by atoms with Gasteiger partial charge in [0.25, 0.3) is 0 Å². The molecule has 1 aliphatic heterocycles. The van der Waals surface area contributed by atoms with Crippen LogP contribution in [0.4, 0.5) is 4.79 Å². The molecule has 1 amide bonds. The number of amides is 1. The second-order valence-electron chi connectivity index (χ2n) is 3.59. The minimum atomic E-state index is -0.974. The van der Waals surface area contributed by atoms with Gasteiger partial charge >= 0.3 is 6.09 Å². The summed E-state index contributed by atoms with van der Waals surface area (Å²) in [4.78, 5) is 14.9. The minimum absolute atomic E-state index is 0.138. The summed E-state index contributed by atoms with van der Waals surface area (Å²) < 4.78 is 0. The number of piperazine rings is 1. The van der Waals surface area contributed by atoms with E-state index >= 15 is 0 Å². The number of carboxylic acid groups (broad SMARTS) is 1. The Kier molecular flexibility index (Phi) is 4.16. The van der Waals surface area contributed by atoms with E-state index in [1.165, 1.54) is 0 Å². The molecule has 14 heavy (non-hydrogen) atoms. The third-order valence-corrected chi connectivity index (χ3v) is 2.54. The molecule has 1 rings (SSSR count). The van der Waals surface area contributed by atoms with Crippen LogP contribution in [0.1, 0.15) is 6.42 Å². The molecule has 0 aliphatic carbocycles. The number of nitrogens with one attached hydrogen (secondary N) is 1. The van der Waals surface area contributed by atoms with E-state index in [1.54, 1.807) is 0 Å². The van der Waals surface area contributed by atoms with Crippen LogP contribution in [0.15, 0.2) is 0 Å². The Morgan fingerprint density at radius 2 is 2.07 bits per heavy atom. The molecule has 0 aromatic carbocycles. The number of hydrogen-bond acceptors (Lipinski definition) is 3.